The summed E-state index contributed by atoms with van der Waals surface area (Å²) in [6.07, 6.45) is 0.986. The molecule has 2 aliphatic heterocycles. The molecule has 0 aromatic heterocycles. The number of hydrogen-bond acceptors (Lipinski definition) is 4. The minimum Gasteiger partial charge on any atom is -0.486 e. The van der Waals surface area contributed by atoms with Crippen LogP contribution < -0.4 is 20.1 Å². The highest BCUT2D eigenvalue weighted by molar-refractivity contribution is 9.10. The summed E-state index contributed by atoms with van der Waals surface area (Å²) in [6.45, 7) is 1.66. The Kier molecular flexibility index (Phi) is 4.55. The molecule has 0 atom stereocenters. The Morgan fingerprint density at radius 3 is 2.73 bits per heavy atom. The maximum atomic E-state index is 12.4. The van der Waals surface area contributed by atoms with E-state index in [2.05, 4.69) is 26.6 Å². The molecule has 7 heteroatoms. The predicted molar refractivity (Wildman–Crippen MR) is 99.9 cm³/mol. The summed E-state index contributed by atoms with van der Waals surface area (Å²) in [5, 5.41) is 5.67. The zero-order valence-electron chi connectivity index (χ0n) is 13.9. The molecular formula is C19H17BrN2O4. The minimum absolute atomic E-state index is 0.100. The summed E-state index contributed by atoms with van der Waals surface area (Å²) in [5.74, 6) is 1.05. The third kappa shape index (κ3) is 3.39. The number of hydrogen-bond donors (Lipinski definition) is 2. The number of carbonyl (C=O) groups is 2. The standard InChI is InChI=1S/C19H17BrN2O4/c20-15-10-17-16(25-5-6-26-17)7-12(15)8-18(23)22-13-2-1-11-3-4-21-19(24)14(11)9-13/h1-2,7,9-10H,3-6,8H2,(H,21,24)(H,22,23). The Morgan fingerprint density at radius 1 is 1.15 bits per heavy atom. The Morgan fingerprint density at radius 2 is 1.92 bits per heavy atom. The molecule has 134 valence electrons. The van der Waals surface area contributed by atoms with Crippen LogP contribution >= 0.6 is 15.9 Å². The maximum Gasteiger partial charge on any atom is 0.251 e. The van der Waals surface area contributed by atoms with Gasteiger partial charge in [0.15, 0.2) is 11.5 Å². The van der Waals surface area contributed by atoms with Gasteiger partial charge in [0.1, 0.15) is 13.2 Å². The molecule has 2 N–H and O–H groups in total. The molecular weight excluding hydrogens is 400 g/mol. The van der Waals surface area contributed by atoms with Crippen LogP contribution in [0.15, 0.2) is 34.8 Å². The number of fused-ring (bicyclic) bond motifs is 2. The van der Waals surface area contributed by atoms with E-state index in [4.69, 9.17) is 9.47 Å². The Labute approximate surface area is 159 Å². The van der Waals surface area contributed by atoms with Gasteiger partial charge < -0.3 is 20.1 Å². The molecule has 0 fully saturated rings. The topological polar surface area (TPSA) is 76.7 Å². The molecule has 0 bridgehead atoms. The highest BCUT2D eigenvalue weighted by Gasteiger charge is 2.19. The summed E-state index contributed by atoms with van der Waals surface area (Å²) in [7, 11) is 0. The Balaban J connectivity index is 1.49. The lowest BCUT2D eigenvalue weighted by molar-refractivity contribution is -0.115. The number of benzene rings is 2. The van der Waals surface area contributed by atoms with E-state index in [1.54, 1.807) is 6.07 Å². The molecule has 2 aromatic rings. The molecule has 0 unspecified atom stereocenters. The zero-order valence-corrected chi connectivity index (χ0v) is 15.5. The number of carbonyl (C=O) groups excluding carboxylic acids is 2. The normalized spacial score (nSPS) is 15.0. The molecule has 4 rings (SSSR count). The van der Waals surface area contributed by atoms with Crippen molar-refractivity contribution in [3.05, 3.63) is 51.5 Å². The van der Waals surface area contributed by atoms with Crippen molar-refractivity contribution in [2.45, 2.75) is 12.8 Å². The van der Waals surface area contributed by atoms with Crippen molar-refractivity contribution < 1.29 is 19.1 Å². The third-order valence-electron chi connectivity index (χ3n) is 4.38. The molecule has 0 saturated carbocycles. The molecule has 2 amide bonds. The quantitative estimate of drug-likeness (QED) is 0.806. The Hall–Kier alpha value is -2.54. The molecule has 2 aromatic carbocycles. The number of nitrogens with one attached hydrogen (secondary N) is 2. The van der Waals surface area contributed by atoms with Gasteiger partial charge in [-0.15, -0.1) is 0 Å². The third-order valence-corrected chi connectivity index (χ3v) is 5.12. The first-order chi connectivity index (χ1) is 12.6. The van der Waals surface area contributed by atoms with Gasteiger partial charge >= 0.3 is 0 Å². The van der Waals surface area contributed by atoms with E-state index in [0.29, 0.717) is 42.5 Å². The first kappa shape index (κ1) is 16.9. The van der Waals surface area contributed by atoms with Crippen LogP contribution in [-0.2, 0) is 17.6 Å². The lowest BCUT2D eigenvalue weighted by Crippen LogP contribution is -2.31. The van der Waals surface area contributed by atoms with Crippen molar-refractivity contribution in [2.75, 3.05) is 25.1 Å². The molecule has 2 aliphatic rings. The fourth-order valence-corrected chi connectivity index (χ4v) is 3.57. The summed E-state index contributed by atoms with van der Waals surface area (Å²) in [4.78, 5) is 24.4. The fraction of sp³-hybridized carbons (Fsp3) is 0.263. The number of halogens is 1. The predicted octanol–water partition coefficient (Wildman–Crippen LogP) is 2.69. The Bertz CT molecular complexity index is 897. The van der Waals surface area contributed by atoms with Crippen LogP contribution in [0.5, 0.6) is 11.5 Å². The van der Waals surface area contributed by atoms with Crippen molar-refractivity contribution >= 4 is 33.4 Å². The summed E-state index contributed by atoms with van der Waals surface area (Å²) in [6, 6.07) is 9.08. The van der Waals surface area contributed by atoms with E-state index in [9.17, 15) is 9.59 Å². The van der Waals surface area contributed by atoms with Gasteiger partial charge in [-0.1, -0.05) is 22.0 Å². The van der Waals surface area contributed by atoms with Crippen LogP contribution in [-0.4, -0.2) is 31.6 Å². The van der Waals surface area contributed by atoms with Crippen LogP contribution in [0.4, 0.5) is 5.69 Å². The maximum absolute atomic E-state index is 12.4. The van der Waals surface area contributed by atoms with E-state index in [1.165, 1.54) is 0 Å². The lowest BCUT2D eigenvalue weighted by Gasteiger charge is -2.20. The molecule has 0 aliphatic carbocycles. The van der Waals surface area contributed by atoms with Gasteiger partial charge in [0.25, 0.3) is 5.91 Å². The molecule has 0 spiro atoms. The van der Waals surface area contributed by atoms with Crippen LogP contribution in [0.3, 0.4) is 0 Å². The van der Waals surface area contributed by atoms with E-state index in [1.807, 2.05) is 24.3 Å². The molecule has 26 heavy (non-hydrogen) atoms. The van der Waals surface area contributed by atoms with Crippen molar-refractivity contribution in [1.82, 2.24) is 5.32 Å². The van der Waals surface area contributed by atoms with Gasteiger partial charge in [-0.05, 0) is 41.8 Å². The van der Waals surface area contributed by atoms with E-state index >= 15 is 0 Å². The monoisotopic (exact) mass is 416 g/mol. The number of rotatable bonds is 3. The van der Waals surface area contributed by atoms with Crippen molar-refractivity contribution in [2.24, 2.45) is 0 Å². The summed E-state index contributed by atoms with van der Waals surface area (Å²) < 4.78 is 11.9. The van der Waals surface area contributed by atoms with Crippen LogP contribution in [0, 0.1) is 0 Å². The second kappa shape index (κ2) is 6.99. The van der Waals surface area contributed by atoms with Gasteiger partial charge in [-0.2, -0.15) is 0 Å². The van der Waals surface area contributed by atoms with Gasteiger partial charge in [-0.25, -0.2) is 0 Å². The second-order valence-electron chi connectivity index (χ2n) is 6.19. The highest BCUT2D eigenvalue weighted by Crippen LogP contribution is 2.35. The van der Waals surface area contributed by atoms with E-state index in [0.717, 1.165) is 22.0 Å². The number of ether oxygens (including phenoxy) is 2. The minimum atomic E-state index is -0.168. The first-order valence-corrected chi connectivity index (χ1v) is 9.18. The average Bonchev–Trinajstić information content (AvgIpc) is 2.63. The SMILES string of the molecule is O=C(Cc1cc2c(cc1Br)OCCO2)Nc1ccc2c(c1)C(=O)NCC2. The number of anilines is 1. The number of amides is 2. The van der Waals surface area contributed by atoms with Crippen molar-refractivity contribution in [1.29, 1.82) is 0 Å². The van der Waals surface area contributed by atoms with Gasteiger partial charge in [0, 0.05) is 22.3 Å². The van der Waals surface area contributed by atoms with E-state index < -0.39 is 0 Å². The van der Waals surface area contributed by atoms with Gasteiger partial charge in [-0.3, -0.25) is 9.59 Å². The van der Waals surface area contributed by atoms with E-state index in [-0.39, 0.29) is 18.2 Å². The highest BCUT2D eigenvalue weighted by atomic mass is 79.9. The molecule has 6 nitrogen and oxygen atoms in total. The van der Waals surface area contributed by atoms with Crippen LogP contribution in [0.2, 0.25) is 0 Å². The molecule has 0 saturated heterocycles. The molecule has 0 radical (unpaired) electrons. The van der Waals surface area contributed by atoms with Crippen LogP contribution in [0.1, 0.15) is 21.5 Å². The zero-order chi connectivity index (χ0) is 18.1. The van der Waals surface area contributed by atoms with Gasteiger partial charge in [0.05, 0.1) is 6.42 Å². The largest absolute Gasteiger partial charge is 0.486 e. The second-order valence-corrected chi connectivity index (χ2v) is 7.04. The van der Waals surface area contributed by atoms with Crippen molar-refractivity contribution in [3.63, 3.8) is 0 Å². The fourth-order valence-electron chi connectivity index (χ4n) is 3.11. The summed E-state index contributed by atoms with van der Waals surface area (Å²) >= 11 is 3.48. The smallest absolute Gasteiger partial charge is 0.251 e. The van der Waals surface area contributed by atoms with Crippen molar-refractivity contribution in [3.8, 4) is 11.5 Å². The van der Waals surface area contributed by atoms with Crippen LogP contribution in [0.25, 0.3) is 0 Å². The lowest BCUT2D eigenvalue weighted by atomic mass is 10.00. The van der Waals surface area contributed by atoms with Gasteiger partial charge in [0.2, 0.25) is 5.91 Å². The molecule has 2 heterocycles. The first-order valence-electron chi connectivity index (χ1n) is 8.39. The summed E-state index contributed by atoms with van der Waals surface area (Å²) in [5.41, 5.74) is 3.04. The average molecular weight is 417 g/mol.